The molecule has 0 aliphatic heterocycles. The summed E-state index contributed by atoms with van der Waals surface area (Å²) in [6.45, 7) is 0.0434. The van der Waals surface area contributed by atoms with Gasteiger partial charge in [0.15, 0.2) is 0 Å². The molecule has 0 unspecified atom stereocenters. The molecule has 0 bridgehead atoms. The Morgan fingerprint density at radius 1 is 1.11 bits per heavy atom. The second-order valence-corrected chi connectivity index (χ2v) is 7.81. The molecule has 2 aromatic carbocycles. The van der Waals surface area contributed by atoms with Crippen LogP contribution in [0.4, 0.5) is 5.69 Å². The number of carbonyl (C=O) groups excluding carboxylic acids is 1. The van der Waals surface area contributed by atoms with Gasteiger partial charge in [0.25, 0.3) is 5.88 Å². The number of nitrogens with one attached hydrogen (secondary N) is 2. The average Bonchev–Trinajstić information content (AvgIpc) is 3.36. The van der Waals surface area contributed by atoms with Gasteiger partial charge in [-0.05, 0) is 47.1 Å². The fourth-order valence-corrected chi connectivity index (χ4v) is 3.30. The summed E-state index contributed by atoms with van der Waals surface area (Å²) in [6, 6.07) is 15.2. The molecule has 0 spiro atoms. The molecule has 0 saturated heterocycles. The molecular formula is C23H21ClN6O5. The van der Waals surface area contributed by atoms with E-state index in [1.54, 1.807) is 54.6 Å². The van der Waals surface area contributed by atoms with Crippen LogP contribution in [0.3, 0.4) is 0 Å². The summed E-state index contributed by atoms with van der Waals surface area (Å²) in [7, 11) is 1.49. The zero-order valence-corrected chi connectivity index (χ0v) is 19.4. The van der Waals surface area contributed by atoms with Crippen molar-refractivity contribution in [2.75, 3.05) is 7.05 Å². The fourth-order valence-electron chi connectivity index (χ4n) is 3.18. The van der Waals surface area contributed by atoms with Crippen LogP contribution < -0.4 is 27.1 Å². The summed E-state index contributed by atoms with van der Waals surface area (Å²) in [5.74, 6) is 0.521. The van der Waals surface area contributed by atoms with Gasteiger partial charge in [0.1, 0.15) is 12.0 Å². The van der Waals surface area contributed by atoms with Gasteiger partial charge in [0.05, 0.1) is 12.2 Å². The Hall–Kier alpha value is -4.38. The summed E-state index contributed by atoms with van der Waals surface area (Å²) in [6.07, 6.45) is 1.37. The lowest BCUT2D eigenvalue weighted by Crippen LogP contribution is -2.50. The number of amides is 1. The predicted molar refractivity (Wildman–Crippen MR) is 127 cm³/mol. The van der Waals surface area contributed by atoms with Gasteiger partial charge in [-0.3, -0.25) is 14.3 Å². The molecular weight excluding hydrogens is 476 g/mol. The first-order valence-corrected chi connectivity index (χ1v) is 10.9. The molecule has 12 heteroatoms. The van der Waals surface area contributed by atoms with Crippen LogP contribution in [0.15, 0.2) is 80.0 Å². The van der Waals surface area contributed by atoms with E-state index in [4.69, 9.17) is 20.9 Å². The molecule has 4 aromatic rings. The number of hydrogen-bond acceptors (Lipinski definition) is 7. The largest absolute Gasteiger partial charge is 0.436 e. The predicted octanol–water partition coefficient (Wildman–Crippen LogP) is 2.19. The van der Waals surface area contributed by atoms with Gasteiger partial charge < -0.3 is 14.6 Å². The number of ether oxygens (including phenoxy) is 1. The van der Waals surface area contributed by atoms with E-state index in [1.807, 2.05) is 0 Å². The van der Waals surface area contributed by atoms with Crippen molar-refractivity contribution in [2.45, 2.75) is 19.5 Å². The molecule has 0 saturated carbocycles. The minimum atomic E-state index is -0.670. The third-order valence-corrected chi connectivity index (χ3v) is 5.24. The molecule has 0 aliphatic rings. The number of hydrogen-bond donors (Lipinski definition) is 2. The van der Waals surface area contributed by atoms with Crippen molar-refractivity contribution in [2.24, 2.45) is 4.99 Å². The Bertz CT molecular complexity index is 1490. The lowest BCUT2D eigenvalue weighted by atomic mass is 10.2. The number of nitrogens with zero attached hydrogens (tertiary/aromatic N) is 4. The molecule has 1 amide bonds. The Balaban J connectivity index is 1.73. The minimum absolute atomic E-state index is 0.0239. The summed E-state index contributed by atoms with van der Waals surface area (Å²) < 4.78 is 12.6. The summed E-state index contributed by atoms with van der Waals surface area (Å²) >= 11 is 5.98. The molecule has 4 rings (SSSR count). The van der Waals surface area contributed by atoms with E-state index in [0.717, 1.165) is 10.1 Å². The number of H-pyrrole nitrogens is 1. The van der Waals surface area contributed by atoms with Crippen LogP contribution in [0.5, 0.6) is 11.6 Å². The lowest BCUT2D eigenvalue weighted by molar-refractivity contribution is -0.120. The highest BCUT2D eigenvalue weighted by molar-refractivity contribution is 6.30. The van der Waals surface area contributed by atoms with Gasteiger partial charge in [-0.25, -0.2) is 19.1 Å². The Kier molecular flexibility index (Phi) is 7.27. The second kappa shape index (κ2) is 10.7. The quantitative estimate of drug-likeness (QED) is 0.383. The molecule has 2 heterocycles. The van der Waals surface area contributed by atoms with Crippen molar-refractivity contribution in [3.63, 3.8) is 0 Å². The van der Waals surface area contributed by atoms with Crippen LogP contribution in [-0.4, -0.2) is 32.2 Å². The minimum Gasteiger partial charge on any atom is -0.436 e. The second-order valence-electron chi connectivity index (χ2n) is 7.37. The molecule has 2 N–H and O–H groups in total. The lowest BCUT2D eigenvalue weighted by Gasteiger charge is -2.11. The van der Waals surface area contributed by atoms with E-state index in [0.29, 0.717) is 22.3 Å². The Labute approximate surface area is 203 Å². The SMILES string of the molecule is CNC(=O)CCn1c(=O)[nH]/c(=N\c2ccc(Oc3ccon3)cc2)n(Cc2ccc(Cl)cc2)c1=O. The van der Waals surface area contributed by atoms with Gasteiger partial charge in [0, 0.05) is 31.1 Å². The van der Waals surface area contributed by atoms with Crippen molar-refractivity contribution >= 4 is 23.2 Å². The first kappa shape index (κ1) is 23.8. The standard InChI is InChI=1S/C23H21ClN6O5/c1-25-19(31)10-12-29-22(32)27-21(30(23(29)33)14-15-2-4-16(24)5-3-15)26-17-6-8-18(9-7-17)35-20-11-13-34-28-20/h2-9,11,13H,10,12,14H2,1H3,(H,25,31)(H,26,27,32). The number of rotatable bonds is 8. The van der Waals surface area contributed by atoms with Crippen molar-refractivity contribution in [1.82, 2.24) is 24.6 Å². The van der Waals surface area contributed by atoms with Crippen LogP contribution >= 0.6 is 11.6 Å². The van der Waals surface area contributed by atoms with Crippen LogP contribution in [0, 0.1) is 0 Å². The Morgan fingerprint density at radius 3 is 2.51 bits per heavy atom. The molecule has 11 nitrogen and oxygen atoms in total. The zero-order chi connectivity index (χ0) is 24.8. The zero-order valence-electron chi connectivity index (χ0n) is 18.6. The third-order valence-electron chi connectivity index (χ3n) is 4.98. The van der Waals surface area contributed by atoms with Crippen molar-refractivity contribution < 1.29 is 14.1 Å². The van der Waals surface area contributed by atoms with Crippen LogP contribution in [-0.2, 0) is 17.9 Å². The normalized spacial score (nSPS) is 11.4. The van der Waals surface area contributed by atoms with Crippen molar-refractivity contribution in [3.8, 4) is 11.6 Å². The number of halogens is 1. The highest BCUT2D eigenvalue weighted by Crippen LogP contribution is 2.22. The number of aromatic amines is 1. The summed E-state index contributed by atoms with van der Waals surface area (Å²) in [5.41, 5.74) is 0.0272. The maximum Gasteiger partial charge on any atom is 0.335 e. The van der Waals surface area contributed by atoms with Gasteiger partial charge >= 0.3 is 11.4 Å². The smallest absolute Gasteiger partial charge is 0.335 e. The van der Waals surface area contributed by atoms with Gasteiger partial charge in [-0.15, -0.1) is 0 Å². The Morgan fingerprint density at radius 2 is 1.86 bits per heavy atom. The highest BCUT2D eigenvalue weighted by atomic mass is 35.5. The monoisotopic (exact) mass is 496 g/mol. The first-order chi connectivity index (χ1) is 16.9. The third kappa shape index (κ3) is 5.95. The molecule has 2 aromatic heterocycles. The van der Waals surface area contributed by atoms with Gasteiger partial charge in [-0.2, -0.15) is 0 Å². The maximum atomic E-state index is 13.3. The molecule has 0 atom stereocenters. The first-order valence-electron chi connectivity index (χ1n) is 10.5. The number of aromatic nitrogens is 4. The molecule has 0 aliphatic carbocycles. The van der Waals surface area contributed by atoms with E-state index < -0.39 is 11.4 Å². The average molecular weight is 497 g/mol. The highest BCUT2D eigenvalue weighted by Gasteiger charge is 2.11. The van der Waals surface area contributed by atoms with E-state index >= 15 is 0 Å². The van der Waals surface area contributed by atoms with E-state index in [2.05, 4.69) is 20.4 Å². The molecule has 180 valence electrons. The maximum absolute atomic E-state index is 13.3. The molecule has 0 radical (unpaired) electrons. The van der Waals surface area contributed by atoms with Crippen molar-refractivity contribution in [3.05, 3.63) is 98.0 Å². The van der Waals surface area contributed by atoms with Gasteiger partial charge in [-0.1, -0.05) is 23.7 Å². The van der Waals surface area contributed by atoms with Crippen LogP contribution in [0.25, 0.3) is 0 Å². The van der Waals surface area contributed by atoms with E-state index in [9.17, 15) is 14.4 Å². The number of benzene rings is 2. The fraction of sp³-hybridized carbons (Fsp3) is 0.174. The van der Waals surface area contributed by atoms with Crippen molar-refractivity contribution in [1.29, 1.82) is 0 Å². The van der Waals surface area contributed by atoms with Crippen LogP contribution in [0.1, 0.15) is 12.0 Å². The summed E-state index contributed by atoms with van der Waals surface area (Å²) in [4.78, 5) is 44.7. The molecule has 0 fully saturated rings. The van der Waals surface area contributed by atoms with E-state index in [1.165, 1.54) is 17.9 Å². The van der Waals surface area contributed by atoms with Crippen LogP contribution in [0.2, 0.25) is 5.02 Å². The number of carbonyl (C=O) groups is 1. The molecule has 35 heavy (non-hydrogen) atoms. The summed E-state index contributed by atoms with van der Waals surface area (Å²) in [5, 5.41) is 6.71. The topological polar surface area (TPSA) is 137 Å². The van der Waals surface area contributed by atoms with Gasteiger partial charge in [0.2, 0.25) is 11.5 Å². The van der Waals surface area contributed by atoms with E-state index in [-0.39, 0.29) is 31.0 Å².